The topological polar surface area (TPSA) is 71.5 Å². The molecule has 2 aliphatic rings. The van der Waals surface area contributed by atoms with E-state index in [-0.39, 0.29) is 11.3 Å². The maximum absolute atomic E-state index is 12.7. The lowest BCUT2D eigenvalue weighted by atomic mass is 9.87. The molecule has 0 saturated carbocycles. The number of aromatic nitrogens is 3. The van der Waals surface area contributed by atoms with Gasteiger partial charge in [-0.05, 0) is 11.4 Å². The first-order valence-electron chi connectivity index (χ1n) is 8.89. The molecule has 3 aromatic rings. The second-order valence-electron chi connectivity index (χ2n) is 7.20. The first-order valence-corrected chi connectivity index (χ1v) is 10.6. The van der Waals surface area contributed by atoms with Gasteiger partial charge in [0.1, 0.15) is 12.1 Å². The molecule has 0 unspecified atom stereocenters. The van der Waals surface area contributed by atoms with Gasteiger partial charge >= 0.3 is 0 Å². The summed E-state index contributed by atoms with van der Waals surface area (Å²) in [5, 5.41) is 2.04. The lowest BCUT2D eigenvalue weighted by Crippen LogP contribution is -2.41. The third-order valence-corrected chi connectivity index (χ3v) is 6.86. The van der Waals surface area contributed by atoms with E-state index >= 15 is 0 Å². The van der Waals surface area contributed by atoms with E-state index in [9.17, 15) is 4.79 Å². The van der Waals surface area contributed by atoms with Crippen molar-refractivity contribution in [1.82, 2.24) is 19.9 Å². The van der Waals surface area contributed by atoms with Crippen molar-refractivity contribution in [2.24, 2.45) is 5.41 Å². The number of nitrogens with zero attached hydrogens (tertiary/aromatic N) is 5. The van der Waals surface area contributed by atoms with Crippen LogP contribution in [0, 0.1) is 5.41 Å². The van der Waals surface area contributed by atoms with Gasteiger partial charge in [0, 0.05) is 42.5 Å². The van der Waals surface area contributed by atoms with E-state index in [4.69, 9.17) is 4.74 Å². The molecule has 5 heterocycles. The molecule has 1 spiro atoms. The average molecular weight is 402 g/mol. The Morgan fingerprint density at radius 3 is 3.11 bits per heavy atom. The Balaban J connectivity index is 1.41. The summed E-state index contributed by atoms with van der Waals surface area (Å²) in [4.78, 5) is 31.1. The van der Waals surface area contributed by atoms with Crippen molar-refractivity contribution >= 4 is 44.6 Å². The largest absolute Gasteiger partial charge is 0.379 e. The van der Waals surface area contributed by atoms with Crippen LogP contribution in [-0.4, -0.2) is 58.6 Å². The third-order valence-electron chi connectivity index (χ3n) is 5.20. The summed E-state index contributed by atoms with van der Waals surface area (Å²) in [5.74, 6) is 1.14. The van der Waals surface area contributed by atoms with Crippen molar-refractivity contribution in [2.75, 3.05) is 37.7 Å². The Kier molecular flexibility index (Phi) is 4.30. The molecule has 9 heteroatoms. The Bertz CT molecular complexity index is 960. The predicted molar refractivity (Wildman–Crippen MR) is 105 cm³/mol. The number of thiazole rings is 1. The molecular weight excluding hydrogens is 382 g/mol. The summed E-state index contributed by atoms with van der Waals surface area (Å²) in [6, 6.07) is 2.02. The minimum Gasteiger partial charge on any atom is -0.379 e. The molecule has 0 bridgehead atoms. The Morgan fingerprint density at radius 2 is 2.22 bits per heavy atom. The summed E-state index contributed by atoms with van der Waals surface area (Å²) < 4.78 is 7.04. The number of fused-ring (bicyclic) bond motifs is 1. The second kappa shape index (κ2) is 6.81. The number of carbonyl (C=O) groups is 1. The van der Waals surface area contributed by atoms with Gasteiger partial charge in [-0.15, -0.1) is 22.7 Å². The molecule has 7 nitrogen and oxygen atoms in total. The molecule has 0 aromatic carbocycles. The molecule has 2 aliphatic heterocycles. The number of carbonyl (C=O) groups excluding carboxylic acids is 1. The molecule has 0 N–H and O–H groups in total. The number of rotatable bonds is 3. The molecular formula is C18H19N5O2S2. The molecule has 2 saturated heterocycles. The summed E-state index contributed by atoms with van der Waals surface area (Å²) in [7, 11) is 0. The predicted octanol–water partition coefficient (Wildman–Crippen LogP) is 2.40. The maximum Gasteiger partial charge on any atom is 0.223 e. The van der Waals surface area contributed by atoms with Gasteiger partial charge in [0.25, 0.3) is 0 Å². The van der Waals surface area contributed by atoms with Gasteiger partial charge < -0.3 is 14.5 Å². The van der Waals surface area contributed by atoms with Gasteiger partial charge in [-0.2, -0.15) is 0 Å². The Hall–Kier alpha value is -2.10. The highest BCUT2D eigenvalue weighted by molar-refractivity contribution is 7.17. The quantitative estimate of drug-likeness (QED) is 0.671. The SMILES string of the molecule is O=C1C[C@@]2(COCCN(c3ncnc4ccsc34)C2)CN1Cc1cncs1. The molecule has 5 rings (SSSR count). The zero-order chi connectivity index (χ0) is 18.3. The number of hydrogen-bond acceptors (Lipinski definition) is 8. The van der Waals surface area contributed by atoms with Crippen LogP contribution in [0.5, 0.6) is 0 Å². The van der Waals surface area contributed by atoms with Crippen molar-refractivity contribution < 1.29 is 9.53 Å². The number of ether oxygens (including phenoxy) is 1. The zero-order valence-electron chi connectivity index (χ0n) is 14.7. The molecule has 27 heavy (non-hydrogen) atoms. The number of hydrogen-bond donors (Lipinski definition) is 0. The molecule has 0 aliphatic carbocycles. The van der Waals surface area contributed by atoms with Crippen LogP contribution in [0.3, 0.4) is 0 Å². The van der Waals surface area contributed by atoms with Gasteiger partial charge in [0.05, 0.1) is 35.5 Å². The summed E-state index contributed by atoms with van der Waals surface area (Å²) >= 11 is 3.25. The number of thiophene rings is 1. The van der Waals surface area contributed by atoms with Crippen LogP contribution in [0.15, 0.2) is 29.5 Å². The van der Waals surface area contributed by atoms with E-state index in [1.165, 1.54) is 0 Å². The van der Waals surface area contributed by atoms with Crippen molar-refractivity contribution in [2.45, 2.75) is 13.0 Å². The number of anilines is 1. The van der Waals surface area contributed by atoms with Crippen molar-refractivity contribution in [1.29, 1.82) is 0 Å². The molecule has 0 radical (unpaired) electrons. The van der Waals surface area contributed by atoms with Crippen molar-refractivity contribution in [3.8, 4) is 0 Å². The summed E-state index contributed by atoms with van der Waals surface area (Å²) in [5.41, 5.74) is 2.58. The van der Waals surface area contributed by atoms with E-state index in [0.717, 1.165) is 34.0 Å². The minimum atomic E-state index is -0.202. The second-order valence-corrected chi connectivity index (χ2v) is 9.09. The summed E-state index contributed by atoms with van der Waals surface area (Å²) in [6.45, 7) is 4.12. The molecule has 1 atom stereocenters. The first kappa shape index (κ1) is 17.0. The van der Waals surface area contributed by atoms with E-state index in [2.05, 4.69) is 19.9 Å². The van der Waals surface area contributed by atoms with Gasteiger partial charge in [-0.25, -0.2) is 9.97 Å². The van der Waals surface area contributed by atoms with Crippen LogP contribution in [-0.2, 0) is 16.1 Å². The van der Waals surface area contributed by atoms with Crippen molar-refractivity contribution in [3.63, 3.8) is 0 Å². The minimum absolute atomic E-state index is 0.192. The fourth-order valence-electron chi connectivity index (χ4n) is 4.01. The average Bonchev–Trinajstić information content (AvgIpc) is 3.36. The Morgan fingerprint density at radius 1 is 1.26 bits per heavy atom. The summed E-state index contributed by atoms with van der Waals surface area (Å²) in [6.07, 6.45) is 3.98. The van der Waals surface area contributed by atoms with E-state index < -0.39 is 0 Å². The van der Waals surface area contributed by atoms with Gasteiger partial charge in [0.15, 0.2) is 0 Å². The highest BCUT2D eigenvalue weighted by atomic mass is 32.1. The lowest BCUT2D eigenvalue weighted by Gasteiger charge is -2.32. The normalized spacial score (nSPS) is 23.5. The molecule has 140 valence electrons. The smallest absolute Gasteiger partial charge is 0.223 e. The van der Waals surface area contributed by atoms with Crippen molar-refractivity contribution in [3.05, 3.63) is 34.4 Å². The van der Waals surface area contributed by atoms with Crippen LogP contribution in [0.2, 0.25) is 0 Å². The first-order chi connectivity index (χ1) is 13.2. The zero-order valence-corrected chi connectivity index (χ0v) is 16.3. The molecule has 3 aromatic heterocycles. The highest BCUT2D eigenvalue weighted by Crippen LogP contribution is 2.38. The van der Waals surface area contributed by atoms with Crippen LogP contribution in [0.25, 0.3) is 10.2 Å². The highest BCUT2D eigenvalue weighted by Gasteiger charge is 2.46. The van der Waals surface area contributed by atoms with E-state index in [1.807, 2.05) is 28.1 Å². The van der Waals surface area contributed by atoms with Gasteiger partial charge in [-0.1, -0.05) is 0 Å². The van der Waals surface area contributed by atoms with Crippen LogP contribution in [0.4, 0.5) is 5.82 Å². The van der Waals surface area contributed by atoms with Gasteiger partial charge in [0.2, 0.25) is 5.91 Å². The molecule has 1 amide bonds. The van der Waals surface area contributed by atoms with Crippen LogP contribution >= 0.6 is 22.7 Å². The maximum atomic E-state index is 12.7. The number of amides is 1. The van der Waals surface area contributed by atoms with E-state index in [0.29, 0.717) is 32.7 Å². The molecule has 2 fully saturated rings. The standard InChI is InChI=1S/C18H19N5O2S2/c24-15-5-18(9-23(15)7-13-6-19-12-27-13)8-22(2-3-25-10-18)17-16-14(1-4-26-16)20-11-21-17/h1,4,6,11-12H,2-3,5,7-10H2/t18-/m0/s1. The lowest BCUT2D eigenvalue weighted by molar-refractivity contribution is -0.128. The van der Waals surface area contributed by atoms with E-state index in [1.54, 1.807) is 29.0 Å². The fraction of sp³-hybridized carbons (Fsp3) is 0.444. The fourth-order valence-corrected chi connectivity index (χ4v) is 5.48. The monoisotopic (exact) mass is 401 g/mol. The van der Waals surface area contributed by atoms with Crippen LogP contribution in [0.1, 0.15) is 11.3 Å². The van der Waals surface area contributed by atoms with Gasteiger partial charge in [-0.3, -0.25) is 9.78 Å². The Labute approximate surface area is 164 Å². The van der Waals surface area contributed by atoms with Crippen LogP contribution < -0.4 is 4.90 Å². The number of likely N-dealkylation sites (tertiary alicyclic amines) is 1. The third kappa shape index (κ3) is 3.19.